The van der Waals surface area contributed by atoms with Gasteiger partial charge in [0.1, 0.15) is 53.9 Å². The molecule has 588 valence electrons. The minimum atomic E-state index is -4.52. The zero-order valence-electron chi connectivity index (χ0n) is 64.6. The average molecular weight is 1480 g/mol. The first-order valence-electron chi connectivity index (χ1n) is 37.7. The number of alkyl halides is 3. The summed E-state index contributed by atoms with van der Waals surface area (Å²) >= 11 is 0. The summed E-state index contributed by atoms with van der Waals surface area (Å²) in [4.78, 5) is 194. The Bertz CT molecular complexity index is 3040. The second kappa shape index (κ2) is 38.5. The predicted molar refractivity (Wildman–Crippen MR) is 381 cm³/mol. The highest BCUT2D eigenvalue weighted by Gasteiger charge is 2.57. The molecule has 13 atom stereocenters. The molecule has 3 unspecified atom stereocenters. The molecule has 30 heteroatoms. The van der Waals surface area contributed by atoms with Gasteiger partial charge in [0.2, 0.25) is 70.9 Å². The molecule has 5 fully saturated rings. The molecular formula is C74H121F3N12O15. The second-order valence-electron chi connectivity index (χ2n) is 30.3. The lowest BCUT2D eigenvalue weighted by molar-refractivity contribution is -0.215. The molecule has 12 amide bonds. The third-order valence-electron chi connectivity index (χ3n) is 23.5. The number of carbonyl (C=O) groups excluding carboxylic acids is 12. The van der Waals surface area contributed by atoms with Crippen molar-refractivity contribution in [3.63, 3.8) is 0 Å². The van der Waals surface area contributed by atoms with E-state index in [1.165, 1.54) is 112 Å². The van der Waals surface area contributed by atoms with Crippen molar-refractivity contribution in [3.05, 3.63) is 12.2 Å². The van der Waals surface area contributed by atoms with E-state index in [-0.39, 0.29) is 102 Å². The number of likely N-dealkylation sites (N-methyl/N-ethyl adjacent to an activating group) is 8. The van der Waals surface area contributed by atoms with E-state index in [0.717, 1.165) is 46.8 Å². The van der Waals surface area contributed by atoms with Crippen molar-refractivity contribution >= 4 is 70.9 Å². The highest BCUT2D eigenvalue weighted by molar-refractivity contribution is 6.01. The molecule has 3 aliphatic carbocycles. The van der Waals surface area contributed by atoms with Crippen LogP contribution >= 0.6 is 0 Å². The van der Waals surface area contributed by atoms with Crippen LogP contribution in [0, 0.1) is 29.6 Å². The van der Waals surface area contributed by atoms with Crippen molar-refractivity contribution < 1.29 is 84.9 Å². The van der Waals surface area contributed by atoms with Gasteiger partial charge in [0.05, 0.1) is 44.2 Å². The first kappa shape index (κ1) is 86.0. The molecule has 104 heavy (non-hydrogen) atoms. The van der Waals surface area contributed by atoms with Crippen LogP contribution in [0.25, 0.3) is 0 Å². The summed E-state index contributed by atoms with van der Waals surface area (Å²) < 4.78 is 60.0. The van der Waals surface area contributed by atoms with Gasteiger partial charge in [-0.3, -0.25) is 57.5 Å². The Morgan fingerprint density at radius 2 is 1.32 bits per heavy atom. The lowest BCUT2D eigenvalue weighted by atomic mass is 9.73. The minimum Gasteiger partial charge on any atom is -0.382 e. The van der Waals surface area contributed by atoms with Crippen LogP contribution in [0.2, 0.25) is 0 Å². The number of halogens is 3. The normalized spacial score (nSPS) is 29.8. The zero-order valence-corrected chi connectivity index (χ0v) is 64.6. The largest absolute Gasteiger partial charge is 0.394 e. The van der Waals surface area contributed by atoms with Crippen LogP contribution in [0.1, 0.15) is 169 Å². The van der Waals surface area contributed by atoms with E-state index in [4.69, 9.17) is 14.2 Å². The summed E-state index contributed by atoms with van der Waals surface area (Å²) in [7, 11) is 15.3. The first-order valence-corrected chi connectivity index (χ1v) is 37.7. The summed E-state index contributed by atoms with van der Waals surface area (Å²) in [5, 5.41) is 5.70. The maximum atomic E-state index is 15.7. The summed E-state index contributed by atoms with van der Waals surface area (Å²) in [6.45, 7) is 7.55. The maximum absolute atomic E-state index is 15.7. The van der Waals surface area contributed by atoms with Gasteiger partial charge in [-0.1, -0.05) is 91.2 Å². The van der Waals surface area contributed by atoms with E-state index < -0.39 is 180 Å². The molecule has 0 aromatic carbocycles. The van der Waals surface area contributed by atoms with Gasteiger partial charge >= 0.3 is 6.18 Å². The van der Waals surface area contributed by atoms with E-state index in [1.54, 1.807) is 19.9 Å². The number of hydrogen-bond donors (Lipinski definition) is 2. The summed E-state index contributed by atoms with van der Waals surface area (Å²) in [5.41, 5.74) is -1.57. The fourth-order valence-electron chi connectivity index (χ4n) is 16.4. The number of rotatable bonds is 16. The van der Waals surface area contributed by atoms with Gasteiger partial charge in [0, 0.05) is 104 Å². The van der Waals surface area contributed by atoms with Crippen LogP contribution in [0.4, 0.5) is 13.2 Å². The molecule has 0 aromatic heterocycles. The van der Waals surface area contributed by atoms with Crippen LogP contribution in [0.5, 0.6) is 0 Å². The molecule has 2 saturated heterocycles. The van der Waals surface area contributed by atoms with Gasteiger partial charge in [0.25, 0.3) is 0 Å². The lowest BCUT2D eigenvalue weighted by Crippen LogP contribution is -2.68. The topological polar surface area (TPSA) is 289 Å². The molecular weight excluding hydrogens is 1350 g/mol. The van der Waals surface area contributed by atoms with Crippen LogP contribution < -0.4 is 10.6 Å². The molecule has 1 spiro atoms. The summed E-state index contributed by atoms with van der Waals surface area (Å²) in [6, 6.07) is -10.5. The highest BCUT2D eigenvalue weighted by atomic mass is 19.4. The smallest absolute Gasteiger partial charge is 0.382 e. The summed E-state index contributed by atoms with van der Waals surface area (Å²) in [6.07, 6.45) is 3.35. The van der Waals surface area contributed by atoms with Crippen LogP contribution in [-0.2, 0) is 71.7 Å². The molecule has 6 aliphatic rings. The molecule has 3 heterocycles. The summed E-state index contributed by atoms with van der Waals surface area (Å²) in [5.74, 6) is -11.3. The quantitative estimate of drug-likeness (QED) is 0.202. The molecule has 6 rings (SSSR count). The van der Waals surface area contributed by atoms with Gasteiger partial charge < -0.3 is 73.8 Å². The maximum Gasteiger partial charge on any atom is 0.394 e. The van der Waals surface area contributed by atoms with Crippen LogP contribution in [-0.4, -0.2) is 309 Å². The average Bonchev–Trinajstić information content (AvgIpc) is 1.26. The molecule has 2 bridgehead atoms. The Balaban J connectivity index is 1.48. The highest BCUT2D eigenvalue weighted by Crippen LogP contribution is 2.44. The van der Waals surface area contributed by atoms with Gasteiger partial charge in [-0.15, -0.1) is 0 Å². The van der Waals surface area contributed by atoms with Crippen molar-refractivity contribution in [1.82, 2.24) is 59.6 Å². The Hall–Kier alpha value is -6.95. The number of fused-ring (bicyclic) bond motifs is 3. The van der Waals surface area contributed by atoms with E-state index in [9.17, 15) is 41.9 Å². The van der Waals surface area contributed by atoms with E-state index in [0.29, 0.717) is 32.1 Å². The third-order valence-corrected chi connectivity index (χ3v) is 23.5. The van der Waals surface area contributed by atoms with E-state index in [1.807, 2.05) is 26.8 Å². The first-order chi connectivity index (χ1) is 49.1. The number of carbonyl (C=O) groups is 12. The van der Waals surface area contributed by atoms with E-state index in [2.05, 4.69) is 10.6 Å². The predicted octanol–water partition coefficient (Wildman–Crippen LogP) is 4.48. The van der Waals surface area contributed by atoms with Gasteiger partial charge in [-0.2, -0.15) is 13.2 Å². The van der Waals surface area contributed by atoms with Gasteiger partial charge in [-0.25, -0.2) is 0 Å². The molecule has 3 aliphatic heterocycles. The monoisotopic (exact) mass is 1470 g/mol. The number of amides is 12. The fraction of sp³-hybridized carbons (Fsp3) is 0.811. The Morgan fingerprint density at radius 3 is 1.89 bits per heavy atom. The third kappa shape index (κ3) is 20.4. The SMILES string of the molecule is CCO[C@@H]1C[C@H]2C(=O)N(C)C3(CCC3)C(=O)N(C)[C@@H](C(CC)CC)C(=O)N(C)[C@H](C(=O)N(C)C)CC(=O)N(C)[C@@H](COC)C(=O)N[C@@H]([C@@H](C)CC)C(=O)N(C)CC(=O)N(C)[C@H]3C/C=C\CCN(C3=O)[C@@H](CC3CCCCC3)C(=O)N(C)CC(=O)N[C@@H](CCC3CCC(C(F)(F)F)C(OC)C3)C(=O)N2C1. The van der Waals surface area contributed by atoms with Crippen molar-refractivity contribution in [2.75, 3.05) is 117 Å². The Kier molecular flexibility index (Phi) is 31.9. The van der Waals surface area contributed by atoms with Crippen molar-refractivity contribution in [2.24, 2.45) is 29.6 Å². The molecule has 27 nitrogen and oxygen atoms in total. The molecule has 0 radical (unpaired) electrons. The van der Waals surface area contributed by atoms with Gasteiger partial charge in [-0.05, 0) is 101 Å². The second-order valence-corrected chi connectivity index (χ2v) is 30.3. The number of ether oxygens (including phenoxy) is 3. The van der Waals surface area contributed by atoms with Crippen molar-refractivity contribution in [1.29, 1.82) is 0 Å². The van der Waals surface area contributed by atoms with Gasteiger partial charge in [0.15, 0.2) is 0 Å². The number of methoxy groups -OCH3 is 2. The van der Waals surface area contributed by atoms with Crippen molar-refractivity contribution in [2.45, 2.75) is 242 Å². The van der Waals surface area contributed by atoms with Crippen LogP contribution in [0.15, 0.2) is 12.2 Å². The van der Waals surface area contributed by atoms with Crippen molar-refractivity contribution in [3.8, 4) is 0 Å². The van der Waals surface area contributed by atoms with E-state index >= 15 is 28.8 Å². The Morgan fingerprint density at radius 1 is 0.663 bits per heavy atom. The van der Waals surface area contributed by atoms with Crippen LogP contribution in [0.3, 0.4) is 0 Å². The standard InChI is InChI=1S/C74H121F3N12O15/c1-17-46(5)62-70(99)82(9)44-61(92)83(10)53-30-25-22-26-37-88(69(53)98)55(38-47-28-23-21-24-29-47)67(96)81(8)43-59(90)78-52(34-32-48-31-33-51(74(75,76)77)58(39-48)103-16)65(94)89-42-50(104-20-4)40-56(89)68(97)87(14)73(35-27-36-73)72(101)86(13)63(49(18-2)19-3)71(100)85(12)54(66(95)80(6)7)41-60(91)84(11)57(45-102-15)64(93)79-62/h22,25,46-58,62-63H,17-21,23-24,26-45H2,1-16H3,(H,78,90)(H,79,93)/b25-22-/t46-,48?,50+,51?,52-,53-,54-,55-,56-,57-,58?,62-,63-/m0/s1. The number of nitrogens with one attached hydrogen (secondary N) is 2. The Labute approximate surface area is 613 Å². The minimum absolute atomic E-state index is 0.00475. The lowest BCUT2D eigenvalue weighted by Gasteiger charge is -2.51. The number of hydrogen-bond acceptors (Lipinski definition) is 15. The zero-order chi connectivity index (χ0) is 77.4. The molecule has 3 saturated carbocycles. The molecule has 2 N–H and O–H groups in total. The fourth-order valence-corrected chi connectivity index (χ4v) is 16.4. The number of nitrogens with zero attached hydrogens (tertiary/aromatic N) is 10. The molecule has 0 aromatic rings.